The highest BCUT2D eigenvalue weighted by Gasteiger charge is 2.30. The summed E-state index contributed by atoms with van der Waals surface area (Å²) < 4.78 is 4.55. The monoisotopic (exact) mass is 281 g/mol. The Hall–Kier alpha value is -1.69. The predicted octanol–water partition coefficient (Wildman–Crippen LogP) is 1.46. The predicted molar refractivity (Wildman–Crippen MR) is 73.8 cm³/mol. The molecule has 0 bridgehead atoms. The molecule has 5 nitrogen and oxygen atoms in total. The lowest BCUT2D eigenvalue weighted by Crippen LogP contribution is -2.24. The van der Waals surface area contributed by atoms with Crippen LogP contribution in [0.25, 0.3) is 0 Å². The minimum Gasteiger partial charge on any atom is -0.507 e. The van der Waals surface area contributed by atoms with Gasteiger partial charge in [-0.15, -0.1) is 0 Å². The fraction of sp³-hybridized carbons (Fsp3) is 0.385. The van der Waals surface area contributed by atoms with Crippen molar-refractivity contribution >= 4 is 30.2 Å². The van der Waals surface area contributed by atoms with E-state index in [1.807, 2.05) is 0 Å². The van der Waals surface area contributed by atoms with E-state index in [0.29, 0.717) is 24.4 Å². The highest BCUT2D eigenvalue weighted by molar-refractivity contribution is 7.80. The second-order valence-electron chi connectivity index (χ2n) is 4.45. The van der Waals surface area contributed by atoms with E-state index in [4.69, 9.17) is 0 Å². The molecular weight excluding hydrogens is 266 g/mol. The second kappa shape index (κ2) is 5.52. The molecule has 2 rings (SSSR count). The Labute approximate surface area is 116 Å². The van der Waals surface area contributed by atoms with Gasteiger partial charge in [0, 0.05) is 24.7 Å². The summed E-state index contributed by atoms with van der Waals surface area (Å²) >= 11 is 4.20. The van der Waals surface area contributed by atoms with Crippen LogP contribution >= 0.6 is 12.6 Å². The fourth-order valence-electron chi connectivity index (χ4n) is 2.12. The van der Waals surface area contributed by atoms with Crippen LogP contribution in [0.4, 0.5) is 5.69 Å². The first-order valence-corrected chi connectivity index (χ1v) is 6.52. The van der Waals surface area contributed by atoms with Gasteiger partial charge in [-0.25, -0.2) is 4.79 Å². The molecule has 0 spiro atoms. The highest BCUT2D eigenvalue weighted by atomic mass is 32.1. The maximum atomic E-state index is 11.8. The Balaban J connectivity index is 2.25. The van der Waals surface area contributed by atoms with Crippen molar-refractivity contribution < 1.29 is 19.4 Å². The average molecular weight is 281 g/mol. The van der Waals surface area contributed by atoms with Crippen molar-refractivity contribution in [2.45, 2.75) is 6.42 Å². The number of carbonyl (C=O) groups excluding carboxylic acids is 2. The summed E-state index contributed by atoms with van der Waals surface area (Å²) in [6.07, 6.45) is 0.461. The third-order valence-corrected chi connectivity index (χ3v) is 3.68. The summed E-state index contributed by atoms with van der Waals surface area (Å²) in [6, 6.07) is 4.49. The minimum atomic E-state index is -0.606. The number of esters is 1. The topological polar surface area (TPSA) is 66.8 Å². The van der Waals surface area contributed by atoms with Crippen LogP contribution < -0.4 is 4.90 Å². The number of anilines is 1. The number of ether oxygens (including phenoxy) is 1. The number of hydrogen-bond donors (Lipinski definition) is 2. The number of rotatable bonds is 3. The molecule has 1 aromatic carbocycles. The lowest BCUT2D eigenvalue weighted by Gasteiger charge is -2.17. The first kappa shape index (κ1) is 13.7. The molecule has 19 heavy (non-hydrogen) atoms. The van der Waals surface area contributed by atoms with E-state index in [0.717, 1.165) is 0 Å². The highest BCUT2D eigenvalue weighted by Crippen LogP contribution is 2.30. The SMILES string of the molecule is COC(=O)c1ccc(N2CC(CS)CC2=O)cc1O. The molecule has 0 aromatic heterocycles. The van der Waals surface area contributed by atoms with Crippen molar-refractivity contribution in [3.05, 3.63) is 23.8 Å². The minimum absolute atomic E-state index is 0.00395. The van der Waals surface area contributed by atoms with Gasteiger partial charge in [-0.05, 0) is 23.8 Å². The summed E-state index contributed by atoms with van der Waals surface area (Å²) in [5.41, 5.74) is 0.670. The molecule has 6 heteroatoms. The Kier molecular flexibility index (Phi) is 3.99. The molecule has 0 aliphatic carbocycles. The standard InChI is InChI=1S/C13H15NO4S/c1-18-13(17)10-3-2-9(5-11(10)15)14-6-8(7-19)4-12(14)16/h2-3,5,8,15,19H,4,6-7H2,1H3. The van der Waals surface area contributed by atoms with Crippen LogP contribution in [0.2, 0.25) is 0 Å². The molecule has 0 radical (unpaired) electrons. The van der Waals surface area contributed by atoms with Gasteiger partial charge in [0.1, 0.15) is 11.3 Å². The Morgan fingerprint density at radius 2 is 2.32 bits per heavy atom. The van der Waals surface area contributed by atoms with Crippen molar-refractivity contribution in [2.24, 2.45) is 5.92 Å². The Morgan fingerprint density at radius 3 is 2.84 bits per heavy atom. The van der Waals surface area contributed by atoms with E-state index in [2.05, 4.69) is 17.4 Å². The average Bonchev–Trinajstić information content (AvgIpc) is 2.79. The number of hydrogen-bond acceptors (Lipinski definition) is 5. The molecule has 1 amide bonds. The number of phenolic OH excluding ortho intramolecular Hbond substituents is 1. The van der Waals surface area contributed by atoms with Gasteiger partial charge in [0.15, 0.2) is 0 Å². The van der Waals surface area contributed by atoms with Crippen LogP contribution in [-0.2, 0) is 9.53 Å². The van der Waals surface area contributed by atoms with Gasteiger partial charge < -0.3 is 14.7 Å². The number of benzene rings is 1. The normalized spacial score (nSPS) is 18.7. The van der Waals surface area contributed by atoms with Gasteiger partial charge in [-0.3, -0.25) is 4.79 Å². The molecule has 1 heterocycles. The van der Waals surface area contributed by atoms with E-state index < -0.39 is 5.97 Å². The van der Waals surface area contributed by atoms with Gasteiger partial charge in [0.05, 0.1) is 7.11 Å². The number of nitrogens with zero attached hydrogens (tertiary/aromatic N) is 1. The van der Waals surface area contributed by atoms with E-state index in [-0.39, 0.29) is 23.1 Å². The van der Waals surface area contributed by atoms with Gasteiger partial charge in [0.25, 0.3) is 0 Å². The number of amides is 1. The molecule has 1 N–H and O–H groups in total. The molecule has 1 fully saturated rings. The number of phenols is 1. The summed E-state index contributed by atoms with van der Waals surface area (Å²) in [6.45, 7) is 0.583. The first-order valence-electron chi connectivity index (χ1n) is 5.89. The lowest BCUT2D eigenvalue weighted by molar-refractivity contribution is -0.117. The van der Waals surface area contributed by atoms with Crippen molar-refractivity contribution in [3.8, 4) is 5.75 Å². The third kappa shape index (κ3) is 2.68. The van der Waals surface area contributed by atoms with Gasteiger partial charge >= 0.3 is 5.97 Å². The zero-order valence-electron chi connectivity index (χ0n) is 10.5. The summed E-state index contributed by atoms with van der Waals surface area (Å²) in [5, 5.41) is 9.81. The largest absolute Gasteiger partial charge is 0.507 e. The van der Waals surface area contributed by atoms with Crippen molar-refractivity contribution in [1.82, 2.24) is 0 Å². The first-order chi connectivity index (χ1) is 9.06. The number of methoxy groups -OCH3 is 1. The van der Waals surface area contributed by atoms with Crippen LogP contribution in [0.15, 0.2) is 18.2 Å². The smallest absolute Gasteiger partial charge is 0.341 e. The Bertz CT molecular complexity index is 517. The van der Waals surface area contributed by atoms with Gasteiger partial charge in [-0.2, -0.15) is 12.6 Å². The van der Waals surface area contributed by atoms with Crippen LogP contribution in [0, 0.1) is 5.92 Å². The molecular formula is C13H15NO4S. The molecule has 1 aliphatic rings. The third-order valence-electron chi connectivity index (χ3n) is 3.16. The van der Waals surface area contributed by atoms with E-state index in [9.17, 15) is 14.7 Å². The lowest BCUT2D eigenvalue weighted by atomic mass is 10.1. The number of carbonyl (C=O) groups is 2. The fourth-order valence-corrected chi connectivity index (χ4v) is 2.37. The van der Waals surface area contributed by atoms with Crippen molar-refractivity contribution in [3.63, 3.8) is 0 Å². The summed E-state index contributed by atoms with van der Waals surface area (Å²) in [7, 11) is 1.25. The molecule has 1 aromatic rings. The quantitative estimate of drug-likeness (QED) is 0.650. The molecule has 0 saturated carbocycles. The van der Waals surface area contributed by atoms with Crippen LogP contribution in [0.1, 0.15) is 16.8 Å². The molecule has 1 saturated heterocycles. The summed E-state index contributed by atoms with van der Waals surface area (Å²) in [5.74, 6) is 0.0769. The molecule has 1 atom stereocenters. The number of aromatic hydroxyl groups is 1. The van der Waals surface area contributed by atoms with E-state index in [1.165, 1.54) is 19.2 Å². The maximum absolute atomic E-state index is 11.8. The van der Waals surface area contributed by atoms with Crippen molar-refractivity contribution in [1.29, 1.82) is 0 Å². The Morgan fingerprint density at radius 1 is 1.58 bits per heavy atom. The summed E-state index contributed by atoms with van der Waals surface area (Å²) in [4.78, 5) is 24.8. The van der Waals surface area contributed by atoms with Gasteiger partial charge in [0.2, 0.25) is 5.91 Å². The van der Waals surface area contributed by atoms with Gasteiger partial charge in [-0.1, -0.05) is 0 Å². The van der Waals surface area contributed by atoms with Crippen LogP contribution in [0.5, 0.6) is 5.75 Å². The maximum Gasteiger partial charge on any atom is 0.341 e. The molecule has 102 valence electrons. The van der Waals surface area contributed by atoms with Crippen LogP contribution in [0.3, 0.4) is 0 Å². The molecule has 1 aliphatic heterocycles. The zero-order valence-corrected chi connectivity index (χ0v) is 11.4. The van der Waals surface area contributed by atoms with E-state index in [1.54, 1.807) is 11.0 Å². The van der Waals surface area contributed by atoms with E-state index >= 15 is 0 Å². The molecule has 1 unspecified atom stereocenters. The number of thiol groups is 1. The zero-order chi connectivity index (χ0) is 14.0. The van der Waals surface area contributed by atoms with Crippen molar-refractivity contribution in [2.75, 3.05) is 24.3 Å². The second-order valence-corrected chi connectivity index (χ2v) is 4.82. The van der Waals surface area contributed by atoms with Crippen LogP contribution in [-0.4, -0.2) is 36.4 Å².